The first-order valence-corrected chi connectivity index (χ1v) is 7.61. The minimum atomic E-state index is 0.220. The predicted octanol–water partition coefficient (Wildman–Crippen LogP) is 4.63. The maximum absolute atomic E-state index is 5.45. The Morgan fingerprint density at radius 2 is 1.85 bits per heavy atom. The Bertz CT molecular complexity index is 512. The van der Waals surface area contributed by atoms with Gasteiger partial charge in [0.15, 0.2) is 0 Å². The molecular weight excluding hydrogens is 246 g/mol. The molecule has 1 unspecified atom stereocenters. The molecule has 2 aromatic rings. The second-order valence-corrected chi connectivity index (χ2v) is 5.33. The number of rotatable bonds is 7. The van der Waals surface area contributed by atoms with E-state index in [9.17, 15) is 0 Å². The lowest BCUT2D eigenvalue weighted by Crippen LogP contribution is -2.21. The SMILES string of the molecule is CCCCc1ccc(C(NCC)c2coc(C)c2)cc1. The molecule has 0 fully saturated rings. The molecule has 0 bridgehead atoms. The summed E-state index contributed by atoms with van der Waals surface area (Å²) < 4.78 is 5.45. The first kappa shape index (κ1) is 14.9. The van der Waals surface area contributed by atoms with Crippen LogP contribution in [0.3, 0.4) is 0 Å². The molecule has 20 heavy (non-hydrogen) atoms. The molecule has 1 aromatic carbocycles. The summed E-state index contributed by atoms with van der Waals surface area (Å²) in [5.74, 6) is 0.961. The summed E-state index contributed by atoms with van der Waals surface area (Å²) in [6.07, 6.45) is 5.54. The molecule has 2 heteroatoms. The summed E-state index contributed by atoms with van der Waals surface area (Å²) >= 11 is 0. The van der Waals surface area contributed by atoms with Crippen LogP contribution in [-0.2, 0) is 6.42 Å². The first-order chi connectivity index (χ1) is 9.74. The third-order valence-electron chi connectivity index (χ3n) is 3.62. The Balaban J connectivity index is 2.17. The highest BCUT2D eigenvalue weighted by molar-refractivity contribution is 5.33. The van der Waals surface area contributed by atoms with E-state index in [4.69, 9.17) is 4.42 Å². The van der Waals surface area contributed by atoms with E-state index in [0.717, 1.165) is 12.3 Å². The summed E-state index contributed by atoms with van der Waals surface area (Å²) in [4.78, 5) is 0. The fraction of sp³-hybridized carbons (Fsp3) is 0.444. The molecule has 0 aliphatic rings. The Labute approximate surface area is 122 Å². The third-order valence-corrected chi connectivity index (χ3v) is 3.62. The van der Waals surface area contributed by atoms with Crippen molar-refractivity contribution in [3.05, 3.63) is 59.0 Å². The number of furan rings is 1. The molecule has 1 heterocycles. The van der Waals surface area contributed by atoms with Crippen LogP contribution in [-0.4, -0.2) is 6.54 Å². The quantitative estimate of drug-likeness (QED) is 0.794. The van der Waals surface area contributed by atoms with Crippen molar-refractivity contribution in [2.75, 3.05) is 6.54 Å². The standard InChI is InChI=1S/C18H25NO/c1-4-6-7-15-8-10-16(11-9-15)18(19-5-2)17-12-14(3)20-13-17/h8-13,18-19H,4-7H2,1-3H3. The molecule has 108 valence electrons. The number of hydrogen-bond donors (Lipinski definition) is 1. The van der Waals surface area contributed by atoms with Crippen molar-refractivity contribution in [2.45, 2.75) is 46.1 Å². The highest BCUT2D eigenvalue weighted by Crippen LogP contribution is 2.24. The summed E-state index contributed by atoms with van der Waals surface area (Å²) in [5.41, 5.74) is 3.92. The van der Waals surface area contributed by atoms with E-state index in [2.05, 4.69) is 49.5 Å². The van der Waals surface area contributed by atoms with Gasteiger partial charge in [0.2, 0.25) is 0 Å². The smallest absolute Gasteiger partial charge is 0.101 e. The second-order valence-electron chi connectivity index (χ2n) is 5.33. The van der Waals surface area contributed by atoms with Crippen molar-refractivity contribution < 1.29 is 4.42 Å². The van der Waals surface area contributed by atoms with E-state index in [1.165, 1.54) is 36.0 Å². The molecule has 0 radical (unpaired) electrons. The molecule has 1 aromatic heterocycles. The van der Waals surface area contributed by atoms with Crippen LogP contribution in [0.1, 0.15) is 55.2 Å². The van der Waals surface area contributed by atoms with E-state index in [-0.39, 0.29) is 6.04 Å². The van der Waals surface area contributed by atoms with Gasteiger partial charge in [-0.05, 0) is 43.5 Å². The van der Waals surface area contributed by atoms with Crippen molar-refractivity contribution in [3.8, 4) is 0 Å². The molecule has 0 aliphatic heterocycles. The van der Waals surface area contributed by atoms with Gasteiger partial charge < -0.3 is 9.73 Å². The van der Waals surface area contributed by atoms with Gasteiger partial charge in [-0.25, -0.2) is 0 Å². The fourth-order valence-electron chi connectivity index (χ4n) is 2.51. The van der Waals surface area contributed by atoms with Gasteiger partial charge in [-0.15, -0.1) is 0 Å². The van der Waals surface area contributed by atoms with Crippen molar-refractivity contribution in [1.82, 2.24) is 5.32 Å². The van der Waals surface area contributed by atoms with Gasteiger partial charge in [0.05, 0.1) is 12.3 Å². The second kappa shape index (κ2) is 7.30. The van der Waals surface area contributed by atoms with Crippen LogP contribution >= 0.6 is 0 Å². The highest BCUT2D eigenvalue weighted by atomic mass is 16.3. The number of hydrogen-bond acceptors (Lipinski definition) is 2. The maximum atomic E-state index is 5.45. The van der Waals surface area contributed by atoms with Crippen LogP contribution in [0.5, 0.6) is 0 Å². The van der Waals surface area contributed by atoms with E-state index < -0.39 is 0 Å². The van der Waals surface area contributed by atoms with Gasteiger partial charge in [0.1, 0.15) is 5.76 Å². The number of aryl methyl sites for hydroxylation is 2. The molecule has 1 atom stereocenters. The Kier molecular flexibility index (Phi) is 5.42. The molecule has 0 saturated carbocycles. The van der Waals surface area contributed by atoms with Crippen LogP contribution in [0.4, 0.5) is 0 Å². The molecule has 0 spiro atoms. The highest BCUT2D eigenvalue weighted by Gasteiger charge is 2.14. The maximum Gasteiger partial charge on any atom is 0.101 e. The van der Waals surface area contributed by atoms with E-state index in [1.54, 1.807) is 0 Å². The summed E-state index contributed by atoms with van der Waals surface area (Å²) in [7, 11) is 0. The molecule has 1 N–H and O–H groups in total. The summed E-state index contributed by atoms with van der Waals surface area (Å²) in [6.45, 7) is 7.29. The number of unbranched alkanes of at least 4 members (excludes halogenated alkanes) is 1. The third kappa shape index (κ3) is 3.73. The Hall–Kier alpha value is -1.54. The van der Waals surface area contributed by atoms with Crippen LogP contribution in [0, 0.1) is 6.92 Å². The van der Waals surface area contributed by atoms with Gasteiger partial charge in [-0.1, -0.05) is 44.5 Å². The first-order valence-electron chi connectivity index (χ1n) is 7.61. The van der Waals surface area contributed by atoms with Crippen molar-refractivity contribution in [1.29, 1.82) is 0 Å². The van der Waals surface area contributed by atoms with Crippen molar-refractivity contribution >= 4 is 0 Å². The van der Waals surface area contributed by atoms with Crippen LogP contribution in [0.2, 0.25) is 0 Å². The predicted molar refractivity (Wildman–Crippen MR) is 84.0 cm³/mol. The lowest BCUT2D eigenvalue weighted by Gasteiger charge is -2.17. The van der Waals surface area contributed by atoms with Gasteiger partial charge >= 0.3 is 0 Å². The lowest BCUT2D eigenvalue weighted by molar-refractivity contribution is 0.525. The number of benzene rings is 1. The molecule has 2 nitrogen and oxygen atoms in total. The van der Waals surface area contributed by atoms with Crippen LogP contribution < -0.4 is 5.32 Å². The fourth-order valence-corrected chi connectivity index (χ4v) is 2.51. The molecule has 2 rings (SSSR count). The monoisotopic (exact) mass is 271 g/mol. The Morgan fingerprint density at radius 3 is 2.40 bits per heavy atom. The molecule has 0 amide bonds. The summed E-state index contributed by atoms with van der Waals surface area (Å²) in [6, 6.07) is 11.3. The zero-order chi connectivity index (χ0) is 14.4. The van der Waals surface area contributed by atoms with Gasteiger partial charge in [-0.2, -0.15) is 0 Å². The van der Waals surface area contributed by atoms with Gasteiger partial charge in [0, 0.05) is 5.56 Å². The molecule has 0 saturated heterocycles. The number of nitrogens with one attached hydrogen (secondary N) is 1. The summed E-state index contributed by atoms with van der Waals surface area (Å²) in [5, 5.41) is 3.53. The van der Waals surface area contributed by atoms with E-state index >= 15 is 0 Å². The molecular formula is C18H25NO. The van der Waals surface area contributed by atoms with Gasteiger partial charge in [-0.3, -0.25) is 0 Å². The van der Waals surface area contributed by atoms with E-state index in [0.29, 0.717) is 0 Å². The minimum Gasteiger partial charge on any atom is -0.469 e. The van der Waals surface area contributed by atoms with Crippen molar-refractivity contribution in [2.24, 2.45) is 0 Å². The van der Waals surface area contributed by atoms with E-state index in [1.807, 2.05) is 13.2 Å². The molecule has 0 aliphatic carbocycles. The minimum absolute atomic E-state index is 0.220. The lowest BCUT2D eigenvalue weighted by atomic mass is 9.98. The van der Waals surface area contributed by atoms with Gasteiger partial charge in [0.25, 0.3) is 0 Å². The average molecular weight is 271 g/mol. The van der Waals surface area contributed by atoms with Crippen molar-refractivity contribution in [3.63, 3.8) is 0 Å². The largest absolute Gasteiger partial charge is 0.469 e. The van der Waals surface area contributed by atoms with Crippen LogP contribution in [0.15, 0.2) is 41.0 Å². The zero-order valence-corrected chi connectivity index (χ0v) is 12.8. The Morgan fingerprint density at radius 1 is 1.10 bits per heavy atom. The van der Waals surface area contributed by atoms with Crippen LogP contribution in [0.25, 0.3) is 0 Å². The topological polar surface area (TPSA) is 25.2 Å². The normalized spacial score (nSPS) is 12.6. The zero-order valence-electron chi connectivity index (χ0n) is 12.8. The average Bonchev–Trinajstić information content (AvgIpc) is 2.89.